The second kappa shape index (κ2) is 6.66. The molecule has 1 atom stereocenters. The SMILES string of the molecule is C=CCCC(O)N1C=NCC1.[H-].[Na+]. The molecule has 0 saturated heterocycles. The summed E-state index contributed by atoms with van der Waals surface area (Å²) in [5.41, 5.74) is 0. The minimum Gasteiger partial charge on any atom is -1.00 e. The number of aliphatic hydroxyl groups excluding tert-OH is 1. The number of aliphatic hydroxyl groups is 1. The van der Waals surface area contributed by atoms with Crippen LogP contribution in [0.5, 0.6) is 0 Å². The van der Waals surface area contributed by atoms with Crippen LogP contribution in [0, 0.1) is 0 Å². The number of hydrogen-bond donors (Lipinski definition) is 1. The Hall–Kier alpha value is 0.170. The van der Waals surface area contributed by atoms with E-state index in [4.69, 9.17) is 0 Å². The molecule has 12 heavy (non-hydrogen) atoms. The van der Waals surface area contributed by atoms with Crippen LogP contribution in [0.2, 0.25) is 0 Å². The third-order valence-corrected chi connectivity index (χ3v) is 1.73. The van der Waals surface area contributed by atoms with E-state index in [2.05, 4.69) is 11.6 Å². The molecule has 0 amide bonds. The van der Waals surface area contributed by atoms with Crippen molar-refractivity contribution in [1.82, 2.24) is 4.90 Å². The first-order chi connectivity index (χ1) is 5.34. The van der Waals surface area contributed by atoms with Crippen LogP contribution < -0.4 is 29.6 Å². The van der Waals surface area contributed by atoms with Crippen LogP contribution in [0.25, 0.3) is 0 Å². The van der Waals surface area contributed by atoms with Crippen molar-refractivity contribution in [2.45, 2.75) is 19.1 Å². The summed E-state index contributed by atoms with van der Waals surface area (Å²) in [5.74, 6) is 0. The zero-order valence-electron chi connectivity index (χ0n) is 8.61. The Morgan fingerprint density at radius 3 is 3.08 bits per heavy atom. The zero-order valence-corrected chi connectivity index (χ0v) is 9.61. The smallest absolute Gasteiger partial charge is 1.00 e. The van der Waals surface area contributed by atoms with Crippen LogP contribution in [-0.2, 0) is 0 Å². The zero-order chi connectivity index (χ0) is 8.10. The molecule has 0 spiro atoms. The fraction of sp³-hybridized carbons (Fsp3) is 0.625. The van der Waals surface area contributed by atoms with E-state index in [1.165, 1.54) is 0 Å². The Morgan fingerprint density at radius 2 is 2.58 bits per heavy atom. The molecule has 0 radical (unpaired) electrons. The number of aliphatic imine (C=N–C) groups is 1. The summed E-state index contributed by atoms with van der Waals surface area (Å²) in [7, 11) is 0. The van der Waals surface area contributed by atoms with Gasteiger partial charge in [0.1, 0.15) is 6.23 Å². The van der Waals surface area contributed by atoms with E-state index in [9.17, 15) is 5.11 Å². The molecule has 1 aliphatic heterocycles. The van der Waals surface area contributed by atoms with Gasteiger partial charge < -0.3 is 11.4 Å². The van der Waals surface area contributed by atoms with Gasteiger partial charge in [-0.1, -0.05) is 6.08 Å². The molecule has 64 valence electrons. The first-order valence-electron chi connectivity index (χ1n) is 3.89. The minimum atomic E-state index is -0.376. The van der Waals surface area contributed by atoms with Gasteiger partial charge in [0.25, 0.3) is 0 Å². The predicted octanol–water partition coefficient (Wildman–Crippen LogP) is -2.27. The molecule has 1 aliphatic rings. The fourth-order valence-electron chi connectivity index (χ4n) is 1.05. The molecule has 1 N–H and O–H groups in total. The van der Waals surface area contributed by atoms with E-state index in [0.29, 0.717) is 0 Å². The average Bonchev–Trinajstić information content (AvgIpc) is 2.52. The molecular weight excluding hydrogens is 163 g/mol. The van der Waals surface area contributed by atoms with Crippen molar-refractivity contribution in [3.8, 4) is 0 Å². The topological polar surface area (TPSA) is 35.8 Å². The third kappa shape index (κ3) is 3.72. The molecular formula is C8H15N2NaO. The van der Waals surface area contributed by atoms with Crippen molar-refractivity contribution in [1.29, 1.82) is 0 Å². The van der Waals surface area contributed by atoms with Gasteiger partial charge in [0.15, 0.2) is 0 Å². The molecule has 4 heteroatoms. The molecule has 0 aromatic rings. The van der Waals surface area contributed by atoms with Gasteiger partial charge in [-0.3, -0.25) is 4.99 Å². The van der Waals surface area contributed by atoms with Crippen LogP contribution in [-0.4, -0.2) is 35.7 Å². The van der Waals surface area contributed by atoms with Gasteiger partial charge in [0, 0.05) is 6.54 Å². The summed E-state index contributed by atoms with van der Waals surface area (Å²) in [4.78, 5) is 5.86. The molecule has 0 aromatic carbocycles. The summed E-state index contributed by atoms with van der Waals surface area (Å²) in [5, 5.41) is 9.47. The summed E-state index contributed by atoms with van der Waals surface area (Å²) >= 11 is 0. The quantitative estimate of drug-likeness (QED) is 0.389. The normalized spacial score (nSPS) is 17.2. The van der Waals surface area contributed by atoms with Crippen LogP contribution in [0.4, 0.5) is 0 Å². The number of nitrogens with zero attached hydrogens (tertiary/aromatic N) is 2. The van der Waals surface area contributed by atoms with Gasteiger partial charge in [-0.25, -0.2) is 0 Å². The second-order valence-corrected chi connectivity index (χ2v) is 2.61. The van der Waals surface area contributed by atoms with E-state index >= 15 is 0 Å². The third-order valence-electron chi connectivity index (χ3n) is 1.73. The van der Waals surface area contributed by atoms with Gasteiger partial charge >= 0.3 is 29.6 Å². The van der Waals surface area contributed by atoms with Crippen molar-refractivity contribution >= 4 is 6.34 Å². The molecule has 0 bridgehead atoms. The standard InChI is InChI=1S/C8H14N2O.Na.H/c1-2-3-4-8(11)10-6-5-9-7-10;;/h2,7-8,11H,1,3-6H2;;/q;+1;-1. The van der Waals surface area contributed by atoms with E-state index < -0.39 is 0 Å². The first-order valence-corrected chi connectivity index (χ1v) is 3.89. The maximum absolute atomic E-state index is 9.47. The minimum absolute atomic E-state index is 0. The summed E-state index contributed by atoms with van der Waals surface area (Å²) in [6.07, 6.45) is 4.75. The molecule has 0 aliphatic carbocycles. The van der Waals surface area contributed by atoms with E-state index in [1.807, 2.05) is 11.0 Å². The van der Waals surface area contributed by atoms with Gasteiger partial charge in [-0.15, -0.1) is 6.58 Å². The van der Waals surface area contributed by atoms with E-state index in [1.54, 1.807) is 6.34 Å². The predicted molar refractivity (Wildman–Crippen MR) is 46.6 cm³/mol. The Morgan fingerprint density at radius 1 is 1.83 bits per heavy atom. The van der Waals surface area contributed by atoms with Gasteiger partial charge in [0.2, 0.25) is 0 Å². The maximum atomic E-state index is 9.47. The van der Waals surface area contributed by atoms with E-state index in [-0.39, 0.29) is 37.2 Å². The maximum Gasteiger partial charge on any atom is 1.00 e. The molecule has 1 heterocycles. The van der Waals surface area contributed by atoms with Crippen LogP contribution in [0.3, 0.4) is 0 Å². The van der Waals surface area contributed by atoms with Gasteiger partial charge in [0.05, 0.1) is 12.9 Å². The second-order valence-electron chi connectivity index (χ2n) is 2.61. The first kappa shape index (κ1) is 12.2. The van der Waals surface area contributed by atoms with Crippen molar-refractivity contribution in [2.24, 2.45) is 4.99 Å². The molecule has 0 fully saturated rings. The van der Waals surface area contributed by atoms with Crippen LogP contribution >= 0.6 is 0 Å². The van der Waals surface area contributed by atoms with Gasteiger partial charge in [-0.2, -0.15) is 0 Å². The van der Waals surface area contributed by atoms with Crippen LogP contribution in [0.15, 0.2) is 17.6 Å². The number of allylic oxidation sites excluding steroid dienone is 1. The summed E-state index contributed by atoms with van der Waals surface area (Å²) in [6.45, 7) is 5.25. The Kier molecular flexibility index (Phi) is 6.76. The van der Waals surface area contributed by atoms with Crippen molar-refractivity contribution in [2.75, 3.05) is 13.1 Å². The van der Waals surface area contributed by atoms with Crippen LogP contribution in [0.1, 0.15) is 14.3 Å². The van der Waals surface area contributed by atoms with Crippen molar-refractivity contribution in [3.63, 3.8) is 0 Å². The fourth-order valence-corrected chi connectivity index (χ4v) is 1.05. The Bertz CT molecular complexity index is 166. The molecule has 0 aromatic heterocycles. The Balaban J connectivity index is 0. The van der Waals surface area contributed by atoms with Gasteiger partial charge in [-0.05, 0) is 12.8 Å². The summed E-state index contributed by atoms with van der Waals surface area (Å²) in [6, 6.07) is 0. The largest absolute Gasteiger partial charge is 1.00 e. The number of rotatable bonds is 4. The summed E-state index contributed by atoms with van der Waals surface area (Å²) < 4.78 is 0. The van der Waals surface area contributed by atoms with Crippen molar-refractivity contribution in [3.05, 3.63) is 12.7 Å². The molecule has 1 unspecified atom stereocenters. The molecule has 0 saturated carbocycles. The Labute approximate surface area is 96.9 Å². The molecule has 1 rings (SSSR count). The van der Waals surface area contributed by atoms with E-state index in [0.717, 1.165) is 25.9 Å². The average molecular weight is 178 g/mol. The number of hydrogen-bond acceptors (Lipinski definition) is 3. The monoisotopic (exact) mass is 178 g/mol. The van der Waals surface area contributed by atoms with Crippen molar-refractivity contribution < 1.29 is 36.1 Å². The molecule has 3 nitrogen and oxygen atoms in total.